The van der Waals surface area contributed by atoms with E-state index in [9.17, 15) is 4.79 Å². The first-order chi connectivity index (χ1) is 11.3. The Morgan fingerprint density at radius 2 is 2.09 bits per heavy atom. The van der Waals surface area contributed by atoms with E-state index in [1.807, 2.05) is 29.3 Å². The van der Waals surface area contributed by atoms with Gasteiger partial charge in [0.2, 0.25) is 5.91 Å². The Morgan fingerprint density at radius 3 is 2.87 bits per heavy atom. The molecule has 5 nitrogen and oxygen atoms in total. The van der Waals surface area contributed by atoms with E-state index in [4.69, 9.17) is 4.42 Å². The van der Waals surface area contributed by atoms with Crippen molar-refractivity contribution in [1.29, 1.82) is 0 Å². The number of furan rings is 1. The van der Waals surface area contributed by atoms with Crippen molar-refractivity contribution in [2.75, 3.05) is 19.6 Å². The average Bonchev–Trinajstić information content (AvgIpc) is 3.28. The highest BCUT2D eigenvalue weighted by Gasteiger charge is 2.50. The van der Waals surface area contributed by atoms with E-state index in [1.165, 1.54) is 5.56 Å². The van der Waals surface area contributed by atoms with E-state index in [1.54, 1.807) is 18.7 Å². The minimum atomic E-state index is -0.175. The maximum Gasteiger partial charge on any atom is 0.230 e. The number of amides is 1. The fourth-order valence-corrected chi connectivity index (χ4v) is 3.87. The molecule has 2 aliphatic heterocycles. The number of hydrogen-bond acceptors (Lipinski definition) is 4. The molecule has 4 rings (SSSR count). The highest BCUT2D eigenvalue weighted by Crippen LogP contribution is 2.41. The Labute approximate surface area is 135 Å². The van der Waals surface area contributed by atoms with Crippen LogP contribution in [0.1, 0.15) is 24.0 Å². The average molecular weight is 311 g/mol. The summed E-state index contributed by atoms with van der Waals surface area (Å²) in [6.07, 6.45) is 9.04. The molecule has 5 heteroatoms. The number of rotatable bonds is 4. The highest BCUT2D eigenvalue weighted by atomic mass is 16.3. The first-order valence-electron chi connectivity index (χ1n) is 8.17. The molecule has 2 fully saturated rings. The number of pyridine rings is 1. The third-order valence-electron chi connectivity index (χ3n) is 5.12. The van der Waals surface area contributed by atoms with Gasteiger partial charge in [-0.15, -0.1) is 0 Å². The van der Waals surface area contributed by atoms with Gasteiger partial charge in [-0.25, -0.2) is 0 Å². The lowest BCUT2D eigenvalue weighted by molar-refractivity contribution is -0.136. The molecule has 0 N–H and O–H groups in total. The van der Waals surface area contributed by atoms with Gasteiger partial charge in [0.15, 0.2) is 0 Å². The van der Waals surface area contributed by atoms with E-state index in [0.29, 0.717) is 12.5 Å². The maximum absolute atomic E-state index is 12.9. The molecular weight excluding hydrogens is 290 g/mol. The molecule has 2 aromatic heterocycles. The fraction of sp³-hybridized carbons (Fsp3) is 0.444. The van der Waals surface area contributed by atoms with Crippen LogP contribution in [0.25, 0.3) is 0 Å². The van der Waals surface area contributed by atoms with Crippen molar-refractivity contribution in [3.05, 3.63) is 54.2 Å². The number of nitrogens with zero attached hydrogens (tertiary/aromatic N) is 3. The number of likely N-dealkylation sites (tertiary alicyclic amines) is 2. The lowest BCUT2D eigenvalue weighted by atomic mass is 9.85. The van der Waals surface area contributed by atoms with Crippen molar-refractivity contribution in [1.82, 2.24) is 14.8 Å². The molecule has 23 heavy (non-hydrogen) atoms. The Kier molecular flexibility index (Phi) is 3.65. The molecule has 0 unspecified atom stereocenters. The summed E-state index contributed by atoms with van der Waals surface area (Å²) in [6.45, 7) is 4.25. The van der Waals surface area contributed by atoms with Crippen LogP contribution in [0.15, 0.2) is 47.5 Å². The summed E-state index contributed by atoms with van der Waals surface area (Å²) in [4.78, 5) is 21.5. The molecule has 1 spiro atoms. The third kappa shape index (κ3) is 2.77. The molecule has 0 aliphatic carbocycles. The summed E-state index contributed by atoms with van der Waals surface area (Å²) in [5, 5.41) is 0. The molecule has 1 atom stereocenters. The van der Waals surface area contributed by atoms with Gasteiger partial charge in [0, 0.05) is 44.1 Å². The molecule has 120 valence electrons. The monoisotopic (exact) mass is 311 g/mol. The fourth-order valence-electron chi connectivity index (χ4n) is 3.87. The predicted molar refractivity (Wildman–Crippen MR) is 85.3 cm³/mol. The zero-order chi connectivity index (χ0) is 15.7. The van der Waals surface area contributed by atoms with Crippen molar-refractivity contribution in [2.24, 2.45) is 5.41 Å². The van der Waals surface area contributed by atoms with Gasteiger partial charge in [-0.1, -0.05) is 6.07 Å². The van der Waals surface area contributed by atoms with Crippen LogP contribution in [-0.4, -0.2) is 40.3 Å². The maximum atomic E-state index is 12.9. The minimum absolute atomic E-state index is 0.175. The van der Waals surface area contributed by atoms with Crippen LogP contribution in [0.3, 0.4) is 0 Å². The molecular formula is C18H21N3O2. The molecule has 4 heterocycles. The predicted octanol–water partition coefficient (Wildman–Crippen LogP) is 2.30. The standard InChI is InChI=1S/C18H21N3O2/c22-17-18(4-7-20(14-18)11-16-3-9-23-13-16)5-8-21(17)12-15-2-1-6-19-10-15/h1-3,6,9-10,13H,4-5,7-8,11-12,14H2/t18-/m1/s1. The van der Waals surface area contributed by atoms with Crippen LogP contribution in [0.2, 0.25) is 0 Å². The smallest absolute Gasteiger partial charge is 0.230 e. The first kappa shape index (κ1) is 14.5. The molecule has 2 saturated heterocycles. The summed E-state index contributed by atoms with van der Waals surface area (Å²) in [5.41, 5.74) is 2.11. The second-order valence-corrected chi connectivity index (χ2v) is 6.71. The molecule has 0 aromatic carbocycles. The molecule has 0 radical (unpaired) electrons. The van der Waals surface area contributed by atoms with E-state index >= 15 is 0 Å². The van der Waals surface area contributed by atoms with Gasteiger partial charge in [-0.2, -0.15) is 0 Å². The molecule has 0 saturated carbocycles. The number of hydrogen-bond donors (Lipinski definition) is 0. The van der Waals surface area contributed by atoms with E-state index < -0.39 is 0 Å². The van der Waals surface area contributed by atoms with Crippen LogP contribution in [0, 0.1) is 5.41 Å². The zero-order valence-corrected chi connectivity index (χ0v) is 13.1. The van der Waals surface area contributed by atoms with Gasteiger partial charge in [0.1, 0.15) is 0 Å². The summed E-state index contributed by atoms with van der Waals surface area (Å²) in [6, 6.07) is 5.95. The Bertz CT molecular complexity index is 671. The minimum Gasteiger partial charge on any atom is -0.472 e. The SMILES string of the molecule is O=C1N(Cc2cccnc2)CC[C@@]12CCN(Cc1ccoc1)C2. The summed E-state index contributed by atoms with van der Waals surface area (Å²) in [5.74, 6) is 0.316. The molecule has 2 aromatic rings. The van der Waals surface area contributed by atoms with Crippen LogP contribution in [0.5, 0.6) is 0 Å². The van der Waals surface area contributed by atoms with Gasteiger partial charge in [-0.3, -0.25) is 14.7 Å². The van der Waals surface area contributed by atoms with Crippen LogP contribution < -0.4 is 0 Å². The van der Waals surface area contributed by atoms with E-state index in [-0.39, 0.29) is 5.41 Å². The van der Waals surface area contributed by atoms with Crippen LogP contribution >= 0.6 is 0 Å². The third-order valence-corrected chi connectivity index (χ3v) is 5.12. The van der Waals surface area contributed by atoms with E-state index in [2.05, 4.69) is 9.88 Å². The highest BCUT2D eigenvalue weighted by molar-refractivity contribution is 5.85. The van der Waals surface area contributed by atoms with Gasteiger partial charge in [-0.05, 0) is 37.1 Å². The molecule has 1 amide bonds. The lowest BCUT2D eigenvalue weighted by Gasteiger charge is -2.23. The van der Waals surface area contributed by atoms with Crippen molar-refractivity contribution in [3.63, 3.8) is 0 Å². The summed E-state index contributed by atoms with van der Waals surface area (Å²) in [7, 11) is 0. The van der Waals surface area contributed by atoms with Crippen molar-refractivity contribution in [3.8, 4) is 0 Å². The number of aromatic nitrogens is 1. The quantitative estimate of drug-likeness (QED) is 0.869. The first-order valence-corrected chi connectivity index (χ1v) is 8.17. The lowest BCUT2D eigenvalue weighted by Crippen LogP contribution is -2.36. The molecule has 0 bridgehead atoms. The number of carbonyl (C=O) groups excluding carboxylic acids is 1. The second-order valence-electron chi connectivity index (χ2n) is 6.71. The normalized spacial score (nSPS) is 24.9. The van der Waals surface area contributed by atoms with E-state index in [0.717, 1.165) is 44.6 Å². The second kappa shape index (κ2) is 5.81. The Hall–Kier alpha value is -2.14. The van der Waals surface area contributed by atoms with Gasteiger partial charge in [0.05, 0.1) is 17.9 Å². The van der Waals surface area contributed by atoms with Crippen molar-refractivity contribution in [2.45, 2.75) is 25.9 Å². The van der Waals surface area contributed by atoms with Crippen molar-refractivity contribution >= 4 is 5.91 Å². The van der Waals surface area contributed by atoms with Gasteiger partial charge >= 0.3 is 0 Å². The van der Waals surface area contributed by atoms with Crippen molar-refractivity contribution < 1.29 is 9.21 Å². The topological polar surface area (TPSA) is 49.6 Å². The van der Waals surface area contributed by atoms with Crippen LogP contribution in [-0.2, 0) is 17.9 Å². The summed E-state index contributed by atoms with van der Waals surface area (Å²) < 4.78 is 5.14. The van der Waals surface area contributed by atoms with Gasteiger partial charge in [0.25, 0.3) is 0 Å². The Balaban J connectivity index is 1.41. The number of carbonyl (C=O) groups is 1. The molecule has 2 aliphatic rings. The Morgan fingerprint density at radius 1 is 1.17 bits per heavy atom. The van der Waals surface area contributed by atoms with Crippen LogP contribution in [0.4, 0.5) is 0 Å². The van der Waals surface area contributed by atoms with Gasteiger partial charge < -0.3 is 9.32 Å². The largest absolute Gasteiger partial charge is 0.472 e. The zero-order valence-electron chi connectivity index (χ0n) is 13.1. The summed E-state index contributed by atoms with van der Waals surface area (Å²) >= 11 is 0.